The van der Waals surface area contributed by atoms with Gasteiger partial charge in [0, 0.05) is 6.54 Å². The average molecular weight is 225 g/mol. The minimum absolute atomic E-state index is 0.244. The first-order valence-electron chi connectivity index (χ1n) is 5.71. The van der Waals surface area contributed by atoms with Crippen LogP contribution in [-0.4, -0.2) is 36.5 Å². The predicted molar refractivity (Wildman–Crippen MR) is 58.6 cm³/mol. The molecule has 1 aliphatic heterocycles. The Kier molecular flexibility index (Phi) is 2.38. The van der Waals surface area contributed by atoms with E-state index in [4.69, 9.17) is 0 Å². The number of hydrogen-bond donors (Lipinski definition) is 0. The molecular formula is C12H19NO3. The van der Waals surface area contributed by atoms with E-state index in [2.05, 4.69) is 32.4 Å². The fraction of sp³-hybridized carbons (Fsp3) is 0.833. The van der Waals surface area contributed by atoms with Crippen LogP contribution < -0.4 is 0 Å². The molecule has 0 radical (unpaired) electrons. The normalized spacial score (nSPS) is 29.0. The van der Waals surface area contributed by atoms with Gasteiger partial charge in [-0.25, -0.2) is 0 Å². The fourth-order valence-corrected chi connectivity index (χ4v) is 2.79. The Balaban J connectivity index is 1.97. The Morgan fingerprint density at radius 2 is 1.56 bits per heavy atom. The highest BCUT2D eigenvalue weighted by atomic mass is 16.6. The highest BCUT2D eigenvalue weighted by molar-refractivity contribution is 5.90. The summed E-state index contributed by atoms with van der Waals surface area (Å²) < 4.78 is 4.50. The van der Waals surface area contributed by atoms with E-state index < -0.39 is 11.9 Å². The number of carbonyl (C=O) groups is 2. The molecule has 0 aromatic carbocycles. The third kappa shape index (κ3) is 1.65. The highest BCUT2D eigenvalue weighted by Gasteiger charge is 2.64. The van der Waals surface area contributed by atoms with E-state index in [1.54, 1.807) is 0 Å². The van der Waals surface area contributed by atoms with Crippen molar-refractivity contribution in [2.45, 2.75) is 27.7 Å². The van der Waals surface area contributed by atoms with Crippen LogP contribution >= 0.6 is 0 Å². The van der Waals surface area contributed by atoms with Gasteiger partial charge in [-0.2, -0.15) is 0 Å². The molecule has 4 nitrogen and oxygen atoms in total. The summed E-state index contributed by atoms with van der Waals surface area (Å²) in [5, 5.41) is 0. The van der Waals surface area contributed by atoms with Crippen molar-refractivity contribution in [2.24, 2.45) is 16.7 Å². The summed E-state index contributed by atoms with van der Waals surface area (Å²) in [5.74, 6) is -0.307. The number of morpholine rings is 1. The summed E-state index contributed by atoms with van der Waals surface area (Å²) in [4.78, 5) is 24.1. The second-order valence-corrected chi connectivity index (χ2v) is 6.01. The third-order valence-electron chi connectivity index (χ3n) is 4.69. The number of rotatable bonds is 2. The van der Waals surface area contributed by atoms with Crippen LogP contribution in [0, 0.1) is 16.7 Å². The number of ether oxygens (including phenoxy) is 1. The maximum absolute atomic E-state index is 11.1. The largest absolute Gasteiger partial charge is 0.391 e. The molecule has 0 amide bonds. The lowest BCUT2D eigenvalue weighted by molar-refractivity contribution is -0.166. The maximum atomic E-state index is 11.1. The van der Waals surface area contributed by atoms with E-state index in [-0.39, 0.29) is 23.9 Å². The van der Waals surface area contributed by atoms with E-state index in [1.807, 2.05) is 4.90 Å². The topological polar surface area (TPSA) is 46.6 Å². The first-order valence-corrected chi connectivity index (χ1v) is 5.71. The lowest BCUT2D eigenvalue weighted by Crippen LogP contribution is -2.44. The Bertz CT molecular complexity index is 316. The van der Waals surface area contributed by atoms with E-state index in [9.17, 15) is 9.59 Å². The summed E-state index contributed by atoms with van der Waals surface area (Å²) in [6.45, 7) is 10.2. The first-order chi connectivity index (χ1) is 7.25. The molecule has 1 saturated heterocycles. The van der Waals surface area contributed by atoms with Gasteiger partial charge in [-0.05, 0) is 16.7 Å². The Morgan fingerprint density at radius 3 is 1.94 bits per heavy atom. The molecule has 0 atom stereocenters. The minimum atomic E-state index is -0.424. The summed E-state index contributed by atoms with van der Waals surface area (Å²) in [6, 6.07) is 0. The van der Waals surface area contributed by atoms with Crippen LogP contribution in [-0.2, 0) is 14.3 Å². The number of esters is 2. The molecular weight excluding hydrogens is 206 g/mol. The van der Waals surface area contributed by atoms with Crippen molar-refractivity contribution in [3.8, 4) is 0 Å². The molecule has 1 aliphatic carbocycles. The summed E-state index contributed by atoms with van der Waals surface area (Å²) >= 11 is 0. The van der Waals surface area contributed by atoms with Gasteiger partial charge in [-0.3, -0.25) is 14.5 Å². The van der Waals surface area contributed by atoms with Crippen molar-refractivity contribution < 1.29 is 14.3 Å². The smallest absolute Gasteiger partial charge is 0.327 e. The van der Waals surface area contributed by atoms with Crippen LogP contribution in [0.3, 0.4) is 0 Å². The molecule has 0 N–H and O–H groups in total. The molecule has 0 bridgehead atoms. The minimum Gasteiger partial charge on any atom is -0.391 e. The van der Waals surface area contributed by atoms with Crippen molar-refractivity contribution in [3.05, 3.63) is 0 Å². The quantitative estimate of drug-likeness (QED) is 0.520. The first kappa shape index (κ1) is 11.6. The zero-order chi connectivity index (χ0) is 12.1. The van der Waals surface area contributed by atoms with Crippen molar-refractivity contribution in [1.82, 2.24) is 4.90 Å². The SMILES string of the molecule is CC1(C)C(CN2CC(=O)OC(=O)C2)C1(C)C. The lowest BCUT2D eigenvalue weighted by Gasteiger charge is -2.24. The monoisotopic (exact) mass is 225 g/mol. The zero-order valence-corrected chi connectivity index (χ0v) is 10.4. The van der Waals surface area contributed by atoms with Crippen LogP contribution in [0.25, 0.3) is 0 Å². The van der Waals surface area contributed by atoms with Crippen molar-refractivity contribution in [2.75, 3.05) is 19.6 Å². The van der Waals surface area contributed by atoms with Crippen LogP contribution in [0.5, 0.6) is 0 Å². The second-order valence-electron chi connectivity index (χ2n) is 6.01. The standard InChI is InChI=1S/C12H19NO3/c1-11(2)8(12(11,3)4)5-13-6-9(14)16-10(15)7-13/h8H,5-7H2,1-4H3. The van der Waals surface area contributed by atoms with E-state index >= 15 is 0 Å². The van der Waals surface area contributed by atoms with Gasteiger partial charge < -0.3 is 4.74 Å². The van der Waals surface area contributed by atoms with Crippen LogP contribution in [0.2, 0.25) is 0 Å². The Hall–Kier alpha value is -0.900. The lowest BCUT2D eigenvalue weighted by atomic mass is 10.0. The van der Waals surface area contributed by atoms with Gasteiger partial charge in [0.05, 0.1) is 13.1 Å². The van der Waals surface area contributed by atoms with Gasteiger partial charge in [0.25, 0.3) is 0 Å². The van der Waals surface area contributed by atoms with Crippen molar-refractivity contribution in [3.63, 3.8) is 0 Å². The van der Waals surface area contributed by atoms with Gasteiger partial charge >= 0.3 is 11.9 Å². The van der Waals surface area contributed by atoms with Gasteiger partial charge in [-0.15, -0.1) is 0 Å². The van der Waals surface area contributed by atoms with Gasteiger partial charge in [0.15, 0.2) is 0 Å². The van der Waals surface area contributed by atoms with Crippen LogP contribution in [0.1, 0.15) is 27.7 Å². The van der Waals surface area contributed by atoms with Gasteiger partial charge in [-0.1, -0.05) is 27.7 Å². The molecule has 4 heteroatoms. The molecule has 0 aromatic heterocycles. The maximum Gasteiger partial charge on any atom is 0.327 e. The van der Waals surface area contributed by atoms with Crippen LogP contribution in [0.15, 0.2) is 0 Å². The van der Waals surface area contributed by atoms with Gasteiger partial charge in [0.2, 0.25) is 0 Å². The average Bonchev–Trinajstić information content (AvgIpc) is 2.46. The number of carbonyl (C=O) groups excluding carboxylic acids is 2. The Labute approximate surface area is 95.9 Å². The van der Waals surface area contributed by atoms with E-state index in [0.717, 1.165) is 6.54 Å². The van der Waals surface area contributed by atoms with Crippen molar-refractivity contribution in [1.29, 1.82) is 0 Å². The van der Waals surface area contributed by atoms with Gasteiger partial charge in [0.1, 0.15) is 0 Å². The molecule has 0 unspecified atom stereocenters. The van der Waals surface area contributed by atoms with E-state index in [0.29, 0.717) is 5.92 Å². The Morgan fingerprint density at radius 1 is 1.12 bits per heavy atom. The molecule has 2 rings (SSSR count). The van der Waals surface area contributed by atoms with Crippen LogP contribution in [0.4, 0.5) is 0 Å². The predicted octanol–water partition coefficient (Wildman–Crippen LogP) is 1.05. The fourth-order valence-electron chi connectivity index (χ4n) is 2.79. The molecule has 2 fully saturated rings. The number of hydrogen-bond acceptors (Lipinski definition) is 4. The van der Waals surface area contributed by atoms with E-state index in [1.165, 1.54) is 0 Å². The zero-order valence-electron chi connectivity index (χ0n) is 10.4. The summed E-state index contributed by atoms with van der Waals surface area (Å²) in [6.07, 6.45) is 0. The number of nitrogens with zero attached hydrogens (tertiary/aromatic N) is 1. The summed E-state index contributed by atoms with van der Waals surface area (Å²) in [7, 11) is 0. The molecule has 2 aliphatic rings. The molecule has 0 spiro atoms. The molecule has 0 aromatic rings. The third-order valence-corrected chi connectivity index (χ3v) is 4.69. The number of cyclic esters (lactones) is 2. The highest BCUT2D eigenvalue weighted by Crippen LogP contribution is 2.68. The summed E-state index contributed by atoms with van der Waals surface area (Å²) in [5.41, 5.74) is 0.578. The molecule has 90 valence electrons. The van der Waals surface area contributed by atoms with Crippen molar-refractivity contribution >= 4 is 11.9 Å². The second kappa shape index (κ2) is 3.29. The molecule has 1 heterocycles. The molecule has 16 heavy (non-hydrogen) atoms. The molecule has 1 saturated carbocycles.